The Labute approximate surface area is 156 Å². The number of hydrogen-bond donors (Lipinski definition) is 2. The van der Waals surface area contributed by atoms with Gasteiger partial charge in [-0.05, 0) is 37.8 Å². The molecule has 2 aliphatic carbocycles. The van der Waals surface area contributed by atoms with E-state index in [-0.39, 0.29) is 24.6 Å². The van der Waals surface area contributed by atoms with Crippen molar-refractivity contribution in [1.29, 1.82) is 5.41 Å². The Bertz CT molecular complexity index is 595. The summed E-state index contributed by atoms with van der Waals surface area (Å²) in [6.07, 6.45) is 13.6. The zero-order valence-corrected chi connectivity index (χ0v) is 15.9. The Morgan fingerprint density at radius 3 is 2.69 bits per heavy atom. The number of guanidine groups is 1. The van der Waals surface area contributed by atoms with Crippen molar-refractivity contribution in [3.63, 3.8) is 0 Å². The lowest BCUT2D eigenvalue weighted by atomic mass is 9.79. The molecule has 0 aromatic rings. The highest BCUT2D eigenvalue weighted by molar-refractivity contribution is 6.07. The molecule has 0 aromatic carbocycles. The Kier molecular flexibility index (Phi) is 6.01. The van der Waals surface area contributed by atoms with Crippen molar-refractivity contribution in [2.24, 2.45) is 5.92 Å². The van der Waals surface area contributed by atoms with Crippen LogP contribution in [0.2, 0.25) is 0 Å². The van der Waals surface area contributed by atoms with Gasteiger partial charge in [-0.2, -0.15) is 0 Å². The van der Waals surface area contributed by atoms with Crippen LogP contribution in [-0.2, 0) is 14.3 Å². The van der Waals surface area contributed by atoms with Crippen LogP contribution in [0.3, 0.4) is 0 Å². The first-order chi connectivity index (χ1) is 12.5. The molecule has 1 heterocycles. The summed E-state index contributed by atoms with van der Waals surface area (Å²) < 4.78 is 11.6. The van der Waals surface area contributed by atoms with E-state index in [1.807, 2.05) is 25.2 Å². The van der Waals surface area contributed by atoms with Gasteiger partial charge in [0.25, 0.3) is 5.91 Å². The van der Waals surface area contributed by atoms with Crippen molar-refractivity contribution in [3.8, 4) is 0 Å². The molecule has 6 nitrogen and oxygen atoms in total. The highest BCUT2D eigenvalue weighted by Crippen LogP contribution is 2.34. The standard InChI is InChI=1S/C20H31N3O3/c1-3-25-16-9-11-17(12-10-16)26-14-20(13-15-7-5-4-6-8-15)18(24)23(2)19(21)22-20/h9,11-12,15-16H,3-8,10,13-14H2,1-2H3,(H2,21,22). The van der Waals surface area contributed by atoms with Gasteiger partial charge in [-0.25, -0.2) is 0 Å². The van der Waals surface area contributed by atoms with Crippen molar-refractivity contribution in [2.45, 2.75) is 63.5 Å². The first kappa shape index (κ1) is 19.0. The summed E-state index contributed by atoms with van der Waals surface area (Å²) in [5, 5.41) is 11.2. The molecule has 0 aromatic heterocycles. The summed E-state index contributed by atoms with van der Waals surface area (Å²) in [4.78, 5) is 14.3. The van der Waals surface area contributed by atoms with Crippen LogP contribution >= 0.6 is 0 Å². The van der Waals surface area contributed by atoms with Crippen molar-refractivity contribution in [3.05, 3.63) is 24.0 Å². The number of nitrogens with one attached hydrogen (secondary N) is 2. The number of allylic oxidation sites excluding steroid dienone is 1. The molecule has 1 saturated heterocycles. The third-order valence-electron chi connectivity index (χ3n) is 5.66. The summed E-state index contributed by atoms with van der Waals surface area (Å²) in [7, 11) is 1.66. The van der Waals surface area contributed by atoms with E-state index in [1.165, 1.54) is 24.2 Å². The minimum Gasteiger partial charge on any atom is -0.491 e. The van der Waals surface area contributed by atoms with Crippen molar-refractivity contribution in [2.75, 3.05) is 20.3 Å². The summed E-state index contributed by atoms with van der Waals surface area (Å²) >= 11 is 0. The van der Waals surface area contributed by atoms with Gasteiger partial charge < -0.3 is 14.8 Å². The maximum atomic E-state index is 12.9. The molecule has 3 rings (SSSR count). The van der Waals surface area contributed by atoms with Gasteiger partial charge in [-0.3, -0.25) is 15.1 Å². The number of carbonyl (C=O) groups is 1. The zero-order valence-electron chi connectivity index (χ0n) is 15.9. The van der Waals surface area contributed by atoms with Gasteiger partial charge in [0.15, 0.2) is 11.5 Å². The predicted molar refractivity (Wildman–Crippen MR) is 101 cm³/mol. The first-order valence-electron chi connectivity index (χ1n) is 9.82. The number of rotatable bonds is 7. The van der Waals surface area contributed by atoms with Crippen molar-refractivity contribution < 1.29 is 14.3 Å². The van der Waals surface area contributed by atoms with E-state index in [2.05, 4.69) is 5.32 Å². The van der Waals surface area contributed by atoms with E-state index in [9.17, 15) is 4.79 Å². The third kappa shape index (κ3) is 4.11. The zero-order chi connectivity index (χ0) is 18.6. The molecule has 2 N–H and O–H groups in total. The van der Waals surface area contributed by atoms with Crippen LogP contribution in [0.1, 0.15) is 51.9 Å². The van der Waals surface area contributed by atoms with E-state index in [1.54, 1.807) is 7.05 Å². The second kappa shape index (κ2) is 8.25. The second-order valence-electron chi connectivity index (χ2n) is 7.61. The molecule has 3 aliphatic rings. The van der Waals surface area contributed by atoms with Gasteiger partial charge in [0, 0.05) is 13.7 Å². The summed E-state index contributed by atoms with van der Waals surface area (Å²) in [6.45, 7) is 2.93. The smallest absolute Gasteiger partial charge is 0.258 e. The molecular formula is C20H31N3O3. The Morgan fingerprint density at radius 2 is 2.12 bits per heavy atom. The van der Waals surface area contributed by atoms with Gasteiger partial charge in [0.1, 0.15) is 12.4 Å². The lowest BCUT2D eigenvalue weighted by Gasteiger charge is -2.33. The summed E-state index contributed by atoms with van der Waals surface area (Å²) in [5.74, 6) is 1.40. The minimum absolute atomic E-state index is 0.0549. The highest BCUT2D eigenvalue weighted by atomic mass is 16.5. The topological polar surface area (TPSA) is 74.7 Å². The maximum absolute atomic E-state index is 12.9. The number of hydrogen-bond acceptors (Lipinski definition) is 4. The van der Waals surface area contributed by atoms with E-state index in [0.29, 0.717) is 12.5 Å². The molecule has 0 radical (unpaired) electrons. The van der Waals surface area contributed by atoms with Gasteiger partial charge >= 0.3 is 0 Å². The normalized spacial score (nSPS) is 29.7. The van der Waals surface area contributed by atoms with Gasteiger partial charge in [0.2, 0.25) is 0 Å². The molecule has 1 saturated carbocycles. The van der Waals surface area contributed by atoms with Gasteiger partial charge in [-0.1, -0.05) is 38.2 Å². The summed E-state index contributed by atoms with van der Waals surface area (Å²) in [6, 6.07) is 0. The van der Waals surface area contributed by atoms with E-state index in [4.69, 9.17) is 14.9 Å². The van der Waals surface area contributed by atoms with Gasteiger partial charge in [-0.15, -0.1) is 0 Å². The Morgan fingerprint density at radius 1 is 1.35 bits per heavy atom. The van der Waals surface area contributed by atoms with Crippen LogP contribution in [0.25, 0.3) is 0 Å². The quantitative estimate of drug-likeness (QED) is 0.731. The van der Waals surface area contributed by atoms with Crippen LogP contribution in [0.15, 0.2) is 24.0 Å². The third-order valence-corrected chi connectivity index (χ3v) is 5.66. The van der Waals surface area contributed by atoms with Gasteiger partial charge in [0.05, 0.1) is 6.10 Å². The van der Waals surface area contributed by atoms with E-state index in [0.717, 1.165) is 31.4 Å². The van der Waals surface area contributed by atoms with Crippen LogP contribution in [0.4, 0.5) is 0 Å². The highest BCUT2D eigenvalue weighted by Gasteiger charge is 2.50. The van der Waals surface area contributed by atoms with Crippen molar-refractivity contribution >= 4 is 11.9 Å². The molecule has 2 atom stereocenters. The predicted octanol–water partition coefficient (Wildman–Crippen LogP) is 2.96. The van der Waals surface area contributed by atoms with Crippen molar-refractivity contribution in [1.82, 2.24) is 10.2 Å². The molecule has 0 spiro atoms. The molecule has 26 heavy (non-hydrogen) atoms. The fourth-order valence-electron chi connectivity index (χ4n) is 4.20. The average molecular weight is 361 g/mol. The lowest BCUT2D eigenvalue weighted by molar-refractivity contribution is -0.132. The van der Waals surface area contributed by atoms with Crippen LogP contribution < -0.4 is 5.32 Å². The second-order valence-corrected chi connectivity index (χ2v) is 7.61. The number of ether oxygens (including phenoxy) is 2. The summed E-state index contributed by atoms with van der Waals surface area (Å²) in [5.41, 5.74) is -0.820. The SMILES string of the molecule is CCOC1C=CC(OCC2(CC3CCCCC3)NC(=N)N(C)C2=O)=CC1. The minimum atomic E-state index is -0.820. The fraction of sp³-hybridized carbons (Fsp3) is 0.700. The molecule has 144 valence electrons. The Hall–Kier alpha value is -1.82. The fourth-order valence-corrected chi connectivity index (χ4v) is 4.20. The largest absolute Gasteiger partial charge is 0.491 e. The Balaban J connectivity index is 1.66. The molecule has 6 heteroatoms. The number of nitrogens with zero attached hydrogens (tertiary/aromatic N) is 1. The lowest BCUT2D eigenvalue weighted by Crippen LogP contribution is -2.52. The van der Waals surface area contributed by atoms with Crippen LogP contribution in [0, 0.1) is 11.3 Å². The van der Waals surface area contributed by atoms with E-state index >= 15 is 0 Å². The molecule has 1 amide bonds. The van der Waals surface area contributed by atoms with Crippen LogP contribution in [0.5, 0.6) is 0 Å². The molecular weight excluding hydrogens is 330 g/mol. The molecule has 1 aliphatic heterocycles. The number of carbonyl (C=O) groups excluding carboxylic acids is 1. The molecule has 0 bridgehead atoms. The average Bonchev–Trinajstić information content (AvgIpc) is 2.86. The van der Waals surface area contributed by atoms with Crippen LogP contribution in [-0.4, -0.2) is 48.7 Å². The first-order valence-corrected chi connectivity index (χ1v) is 9.82. The number of amides is 1. The number of likely N-dealkylation sites (N-methyl/N-ethyl adjacent to an activating group) is 1. The molecule has 2 unspecified atom stereocenters. The van der Waals surface area contributed by atoms with E-state index < -0.39 is 5.54 Å². The monoisotopic (exact) mass is 361 g/mol. The molecule has 2 fully saturated rings. The maximum Gasteiger partial charge on any atom is 0.258 e.